The second-order valence-electron chi connectivity index (χ2n) is 6.92. The highest BCUT2D eigenvalue weighted by Crippen LogP contribution is 2.29. The number of ether oxygens (including phenoxy) is 3. The summed E-state index contributed by atoms with van der Waals surface area (Å²) < 4.78 is 40.8. The smallest absolute Gasteiger partial charge is 0.338 e. The fraction of sp³-hybridized carbons (Fsp3) is 0.600. The van der Waals surface area contributed by atoms with Gasteiger partial charge >= 0.3 is 5.97 Å². The number of hydrogen-bond acceptors (Lipinski definition) is 7. The Kier molecular flexibility index (Phi) is 8.91. The van der Waals surface area contributed by atoms with Crippen molar-refractivity contribution in [3.63, 3.8) is 0 Å². The third kappa shape index (κ3) is 6.88. The van der Waals surface area contributed by atoms with Gasteiger partial charge < -0.3 is 19.1 Å². The summed E-state index contributed by atoms with van der Waals surface area (Å²) in [5.74, 6) is 0.00758. The highest BCUT2D eigenvalue weighted by molar-refractivity contribution is 7.88. The first-order valence-corrected chi connectivity index (χ1v) is 11.9. The molecule has 1 fully saturated rings. The summed E-state index contributed by atoms with van der Waals surface area (Å²) in [4.78, 5) is 26.2. The number of unbranched alkanes of at least 4 members (excludes halogenated alkanes) is 1. The van der Waals surface area contributed by atoms with E-state index in [0.717, 1.165) is 19.1 Å². The molecule has 1 aliphatic heterocycles. The molecule has 1 aromatic rings. The number of carbonyl (C=O) groups excluding carboxylic acids is 2. The van der Waals surface area contributed by atoms with E-state index in [1.54, 1.807) is 18.2 Å². The van der Waals surface area contributed by atoms with E-state index < -0.39 is 22.6 Å². The maximum absolute atomic E-state index is 12.4. The van der Waals surface area contributed by atoms with Crippen LogP contribution in [0.15, 0.2) is 18.2 Å². The maximum Gasteiger partial charge on any atom is 0.338 e. The summed E-state index contributed by atoms with van der Waals surface area (Å²) in [7, 11) is -3.27. The lowest BCUT2D eigenvalue weighted by Crippen LogP contribution is -2.51. The van der Waals surface area contributed by atoms with E-state index in [9.17, 15) is 18.0 Å². The molecule has 30 heavy (non-hydrogen) atoms. The number of amides is 1. The van der Waals surface area contributed by atoms with Crippen LogP contribution in [-0.2, 0) is 19.6 Å². The van der Waals surface area contributed by atoms with Gasteiger partial charge in [-0.2, -0.15) is 4.31 Å². The molecule has 0 radical (unpaired) electrons. The number of rotatable bonds is 10. The van der Waals surface area contributed by atoms with Crippen LogP contribution >= 0.6 is 0 Å². The molecule has 1 aromatic carbocycles. The minimum Gasteiger partial charge on any atom is -0.490 e. The van der Waals surface area contributed by atoms with E-state index in [1.807, 2.05) is 6.92 Å². The van der Waals surface area contributed by atoms with Crippen molar-refractivity contribution in [1.82, 2.24) is 9.21 Å². The van der Waals surface area contributed by atoms with Crippen molar-refractivity contribution < 1.29 is 32.2 Å². The van der Waals surface area contributed by atoms with E-state index in [2.05, 4.69) is 6.92 Å². The Morgan fingerprint density at radius 2 is 1.73 bits per heavy atom. The molecular weight excluding hydrogens is 412 g/mol. The predicted octanol–water partition coefficient (Wildman–Crippen LogP) is 1.52. The minimum atomic E-state index is -3.27. The van der Waals surface area contributed by atoms with E-state index in [1.165, 1.54) is 9.21 Å². The van der Waals surface area contributed by atoms with Crippen molar-refractivity contribution in [2.75, 3.05) is 52.3 Å². The molecule has 1 amide bonds. The Labute approximate surface area is 177 Å². The molecular formula is C20H30N2O7S. The first kappa shape index (κ1) is 23.9. The molecule has 9 nitrogen and oxygen atoms in total. The molecule has 0 aromatic heterocycles. The number of carbonyl (C=O) groups is 2. The average molecular weight is 443 g/mol. The average Bonchev–Trinajstić information content (AvgIpc) is 2.72. The van der Waals surface area contributed by atoms with Crippen LogP contribution in [0, 0.1) is 0 Å². The Balaban J connectivity index is 1.91. The normalized spacial score (nSPS) is 15.0. The summed E-state index contributed by atoms with van der Waals surface area (Å²) in [5.41, 5.74) is 0.260. The molecule has 1 aliphatic rings. The Bertz CT molecular complexity index is 834. The number of hydrogen-bond donors (Lipinski definition) is 0. The second kappa shape index (κ2) is 11.2. The van der Waals surface area contributed by atoms with Crippen molar-refractivity contribution in [1.29, 1.82) is 0 Å². The standard InChI is InChI=1S/C20H30N2O7S/c1-4-6-13-28-17-8-7-16(14-18(17)27-5-2)20(24)29-15-19(23)21-9-11-22(12-10-21)30(3,25)26/h7-8,14H,4-6,9-13,15H2,1-3H3. The van der Waals surface area contributed by atoms with Crippen LogP contribution in [-0.4, -0.2) is 81.8 Å². The van der Waals surface area contributed by atoms with Crippen LogP contribution in [0.1, 0.15) is 37.0 Å². The summed E-state index contributed by atoms with van der Waals surface area (Å²) in [6.45, 7) is 5.47. The monoisotopic (exact) mass is 442 g/mol. The SMILES string of the molecule is CCCCOc1ccc(C(=O)OCC(=O)N2CCN(S(C)(=O)=O)CC2)cc1OCC. The molecule has 0 spiro atoms. The van der Waals surface area contributed by atoms with Crippen LogP contribution < -0.4 is 9.47 Å². The fourth-order valence-corrected chi connectivity index (χ4v) is 3.75. The molecule has 2 rings (SSSR count). The fourth-order valence-electron chi connectivity index (χ4n) is 2.92. The van der Waals surface area contributed by atoms with Gasteiger partial charge in [-0.3, -0.25) is 4.79 Å². The van der Waals surface area contributed by atoms with E-state index in [-0.39, 0.29) is 37.6 Å². The topological polar surface area (TPSA) is 102 Å². The highest BCUT2D eigenvalue weighted by atomic mass is 32.2. The number of piperazine rings is 1. The Morgan fingerprint density at radius 3 is 2.33 bits per heavy atom. The number of benzene rings is 1. The number of esters is 1. The third-order valence-corrected chi connectivity index (χ3v) is 5.92. The predicted molar refractivity (Wildman–Crippen MR) is 111 cm³/mol. The van der Waals surface area contributed by atoms with Gasteiger partial charge in [0.2, 0.25) is 10.0 Å². The van der Waals surface area contributed by atoms with Crippen LogP contribution in [0.4, 0.5) is 0 Å². The molecule has 0 bridgehead atoms. The number of nitrogens with zero attached hydrogens (tertiary/aromatic N) is 2. The zero-order chi connectivity index (χ0) is 22.1. The summed E-state index contributed by atoms with van der Waals surface area (Å²) in [5, 5.41) is 0. The molecule has 0 atom stereocenters. The summed E-state index contributed by atoms with van der Waals surface area (Å²) in [6.07, 6.45) is 3.06. The van der Waals surface area contributed by atoms with Crippen LogP contribution in [0.25, 0.3) is 0 Å². The molecule has 0 aliphatic carbocycles. The van der Waals surface area contributed by atoms with E-state index >= 15 is 0 Å². The largest absolute Gasteiger partial charge is 0.490 e. The molecule has 1 saturated heterocycles. The lowest BCUT2D eigenvalue weighted by atomic mass is 10.2. The minimum absolute atomic E-state index is 0.232. The van der Waals surface area contributed by atoms with Gasteiger partial charge in [-0.25, -0.2) is 13.2 Å². The molecule has 0 N–H and O–H groups in total. The Hall–Kier alpha value is -2.33. The Morgan fingerprint density at radius 1 is 1.03 bits per heavy atom. The zero-order valence-electron chi connectivity index (χ0n) is 17.8. The van der Waals surface area contributed by atoms with Crippen molar-refractivity contribution in [2.45, 2.75) is 26.7 Å². The van der Waals surface area contributed by atoms with Crippen LogP contribution in [0.3, 0.4) is 0 Å². The van der Waals surface area contributed by atoms with Gasteiger partial charge in [-0.05, 0) is 31.5 Å². The van der Waals surface area contributed by atoms with Gasteiger partial charge in [0.25, 0.3) is 5.91 Å². The van der Waals surface area contributed by atoms with Crippen LogP contribution in [0.5, 0.6) is 11.5 Å². The van der Waals surface area contributed by atoms with Crippen molar-refractivity contribution in [3.05, 3.63) is 23.8 Å². The van der Waals surface area contributed by atoms with Gasteiger partial charge in [0, 0.05) is 26.2 Å². The summed E-state index contributed by atoms with van der Waals surface area (Å²) >= 11 is 0. The van der Waals surface area contributed by atoms with Gasteiger partial charge in [0.05, 0.1) is 25.0 Å². The third-order valence-electron chi connectivity index (χ3n) is 4.62. The molecule has 0 saturated carbocycles. The van der Waals surface area contributed by atoms with Gasteiger partial charge in [-0.15, -0.1) is 0 Å². The molecule has 10 heteroatoms. The van der Waals surface area contributed by atoms with Gasteiger partial charge in [-0.1, -0.05) is 13.3 Å². The highest BCUT2D eigenvalue weighted by Gasteiger charge is 2.26. The van der Waals surface area contributed by atoms with Crippen molar-refractivity contribution >= 4 is 21.9 Å². The first-order valence-electron chi connectivity index (χ1n) is 10.1. The van der Waals surface area contributed by atoms with Crippen LogP contribution in [0.2, 0.25) is 0 Å². The lowest BCUT2D eigenvalue weighted by molar-refractivity contribution is -0.135. The molecule has 1 heterocycles. The summed E-state index contributed by atoms with van der Waals surface area (Å²) in [6, 6.07) is 4.77. The molecule has 168 valence electrons. The van der Waals surface area contributed by atoms with Crippen molar-refractivity contribution in [2.24, 2.45) is 0 Å². The lowest BCUT2D eigenvalue weighted by Gasteiger charge is -2.33. The first-order chi connectivity index (χ1) is 14.3. The maximum atomic E-state index is 12.4. The number of sulfonamides is 1. The van der Waals surface area contributed by atoms with E-state index in [4.69, 9.17) is 14.2 Å². The van der Waals surface area contributed by atoms with Crippen molar-refractivity contribution in [3.8, 4) is 11.5 Å². The van der Waals surface area contributed by atoms with Gasteiger partial charge in [0.15, 0.2) is 18.1 Å². The van der Waals surface area contributed by atoms with Gasteiger partial charge in [0.1, 0.15) is 0 Å². The quantitative estimate of drug-likeness (QED) is 0.400. The van der Waals surface area contributed by atoms with E-state index in [0.29, 0.717) is 24.7 Å². The zero-order valence-corrected chi connectivity index (χ0v) is 18.6. The second-order valence-corrected chi connectivity index (χ2v) is 8.90. The molecule has 0 unspecified atom stereocenters.